The highest BCUT2D eigenvalue weighted by Gasteiger charge is 2.29. The third-order valence-electron chi connectivity index (χ3n) is 4.76. The van der Waals surface area contributed by atoms with Crippen LogP contribution in [-0.4, -0.2) is 26.3 Å². The number of carbonyl (C=O) groups excluding carboxylic acids is 2. The molecule has 0 aliphatic carbocycles. The first-order chi connectivity index (χ1) is 13.8. The summed E-state index contributed by atoms with van der Waals surface area (Å²) in [5, 5.41) is 5.48. The van der Waals surface area contributed by atoms with Crippen molar-refractivity contribution in [2.24, 2.45) is 5.92 Å². The van der Waals surface area contributed by atoms with Gasteiger partial charge in [0.15, 0.2) is 0 Å². The van der Waals surface area contributed by atoms with E-state index in [1.807, 2.05) is 0 Å². The zero-order valence-electron chi connectivity index (χ0n) is 16.4. The van der Waals surface area contributed by atoms with Crippen LogP contribution in [0.4, 0.5) is 5.69 Å². The van der Waals surface area contributed by atoms with Crippen LogP contribution >= 0.6 is 0 Å². The smallest absolute Gasteiger partial charge is 0.241 e. The lowest BCUT2D eigenvalue weighted by atomic mass is 10.1. The molecule has 29 heavy (non-hydrogen) atoms. The van der Waals surface area contributed by atoms with Gasteiger partial charge in [-0.2, -0.15) is 4.72 Å². The van der Waals surface area contributed by atoms with Gasteiger partial charge in [-0.3, -0.25) is 9.59 Å². The number of anilines is 1. The summed E-state index contributed by atoms with van der Waals surface area (Å²) in [6.45, 7) is 3.72. The highest BCUT2D eigenvalue weighted by Crippen LogP contribution is 2.25. The second-order valence-electron chi connectivity index (χ2n) is 7.36. The van der Waals surface area contributed by atoms with E-state index in [-0.39, 0.29) is 23.3 Å². The third-order valence-corrected chi connectivity index (χ3v) is 6.20. The predicted octanol–water partition coefficient (Wildman–Crippen LogP) is 2.17. The van der Waals surface area contributed by atoms with Crippen molar-refractivity contribution in [1.29, 1.82) is 0 Å². The average molecular weight is 420 g/mol. The van der Waals surface area contributed by atoms with Crippen molar-refractivity contribution in [3.05, 3.63) is 47.9 Å². The number of sulfonamides is 1. The molecule has 9 heteroatoms. The van der Waals surface area contributed by atoms with Crippen LogP contribution in [0.1, 0.15) is 38.0 Å². The molecule has 1 atom stereocenters. The molecule has 0 saturated heterocycles. The van der Waals surface area contributed by atoms with Crippen LogP contribution in [0.15, 0.2) is 45.9 Å². The van der Waals surface area contributed by atoms with Gasteiger partial charge in [-0.1, -0.05) is 13.8 Å². The number of aryl methyl sites for hydroxylation is 1. The summed E-state index contributed by atoms with van der Waals surface area (Å²) in [5.41, 5.74) is 1.39. The fraction of sp³-hybridized carbons (Fsp3) is 0.400. The number of nitrogens with one attached hydrogen (secondary N) is 3. The SMILES string of the molecule is CC(C)[C@H](NS(=O)(=O)c1ccc2c(c1)CCCC(=O)N2)C(=O)NCc1ccco1. The molecule has 1 aliphatic heterocycles. The quantitative estimate of drug-likeness (QED) is 0.636. The Hall–Kier alpha value is -2.65. The molecule has 0 fully saturated rings. The van der Waals surface area contributed by atoms with Gasteiger partial charge in [-0.15, -0.1) is 0 Å². The maximum absolute atomic E-state index is 12.9. The topological polar surface area (TPSA) is 118 Å². The van der Waals surface area contributed by atoms with Crippen LogP contribution in [0.25, 0.3) is 0 Å². The van der Waals surface area contributed by atoms with Crippen molar-refractivity contribution in [3.8, 4) is 0 Å². The van der Waals surface area contributed by atoms with E-state index in [0.717, 1.165) is 5.56 Å². The first-order valence-corrected chi connectivity index (χ1v) is 11.0. The first kappa shape index (κ1) is 21.1. The normalized spacial score (nSPS) is 15.3. The molecule has 1 aromatic heterocycles. The highest BCUT2D eigenvalue weighted by atomic mass is 32.2. The Labute approximate surface area is 170 Å². The number of hydrogen-bond donors (Lipinski definition) is 3. The zero-order valence-corrected chi connectivity index (χ0v) is 17.2. The van der Waals surface area contributed by atoms with E-state index in [2.05, 4.69) is 15.4 Å². The summed E-state index contributed by atoms with van der Waals surface area (Å²) in [4.78, 5) is 24.3. The molecule has 156 valence electrons. The number of furan rings is 1. The average Bonchev–Trinajstić information content (AvgIpc) is 3.11. The van der Waals surface area contributed by atoms with E-state index in [0.29, 0.717) is 30.7 Å². The minimum Gasteiger partial charge on any atom is -0.467 e. The Morgan fingerprint density at radius 2 is 2.03 bits per heavy atom. The Balaban J connectivity index is 1.75. The minimum absolute atomic E-state index is 0.0666. The molecule has 3 rings (SSSR count). The number of carbonyl (C=O) groups is 2. The number of hydrogen-bond acceptors (Lipinski definition) is 5. The molecule has 0 unspecified atom stereocenters. The van der Waals surface area contributed by atoms with E-state index < -0.39 is 22.0 Å². The van der Waals surface area contributed by atoms with Gasteiger partial charge in [-0.05, 0) is 54.7 Å². The Morgan fingerprint density at radius 3 is 2.72 bits per heavy atom. The van der Waals surface area contributed by atoms with Gasteiger partial charge >= 0.3 is 0 Å². The molecule has 1 aliphatic rings. The van der Waals surface area contributed by atoms with Gasteiger partial charge in [0.2, 0.25) is 21.8 Å². The van der Waals surface area contributed by atoms with Crippen LogP contribution in [-0.2, 0) is 32.6 Å². The Morgan fingerprint density at radius 1 is 1.24 bits per heavy atom. The first-order valence-electron chi connectivity index (χ1n) is 9.51. The van der Waals surface area contributed by atoms with E-state index in [4.69, 9.17) is 4.42 Å². The fourth-order valence-electron chi connectivity index (χ4n) is 3.14. The van der Waals surface area contributed by atoms with Crippen molar-refractivity contribution in [2.45, 2.75) is 50.6 Å². The van der Waals surface area contributed by atoms with E-state index in [9.17, 15) is 18.0 Å². The minimum atomic E-state index is -3.93. The summed E-state index contributed by atoms with van der Waals surface area (Å²) in [7, 11) is -3.93. The standard InChI is InChI=1S/C20H25N3O5S/c1-13(2)19(20(25)21-12-15-6-4-10-28-15)23-29(26,27)16-8-9-17-14(11-16)5-3-7-18(24)22-17/h4,6,8-11,13,19,23H,3,5,7,12H2,1-2H3,(H,21,25)(H,22,24)/t19-/m0/s1. The number of fused-ring (bicyclic) bond motifs is 1. The molecule has 2 amide bonds. The maximum Gasteiger partial charge on any atom is 0.241 e. The lowest BCUT2D eigenvalue weighted by Gasteiger charge is -2.22. The molecule has 0 spiro atoms. The monoisotopic (exact) mass is 419 g/mol. The number of benzene rings is 1. The van der Waals surface area contributed by atoms with Gasteiger partial charge in [0.25, 0.3) is 0 Å². The highest BCUT2D eigenvalue weighted by molar-refractivity contribution is 7.89. The van der Waals surface area contributed by atoms with Gasteiger partial charge < -0.3 is 15.1 Å². The molecule has 0 radical (unpaired) electrons. The van der Waals surface area contributed by atoms with Crippen molar-refractivity contribution in [3.63, 3.8) is 0 Å². The van der Waals surface area contributed by atoms with Crippen molar-refractivity contribution in [2.75, 3.05) is 5.32 Å². The summed E-state index contributed by atoms with van der Waals surface area (Å²) in [5.74, 6) is -0.189. The van der Waals surface area contributed by atoms with Gasteiger partial charge in [-0.25, -0.2) is 8.42 Å². The summed E-state index contributed by atoms with van der Waals surface area (Å²) < 4.78 is 33.5. The maximum atomic E-state index is 12.9. The third kappa shape index (κ3) is 5.24. The van der Waals surface area contributed by atoms with Gasteiger partial charge in [0.05, 0.1) is 17.7 Å². The van der Waals surface area contributed by atoms with Crippen molar-refractivity contribution < 1.29 is 22.4 Å². The van der Waals surface area contributed by atoms with Crippen LogP contribution < -0.4 is 15.4 Å². The van der Waals surface area contributed by atoms with E-state index in [1.165, 1.54) is 12.3 Å². The lowest BCUT2D eigenvalue weighted by Crippen LogP contribution is -2.49. The van der Waals surface area contributed by atoms with Crippen LogP contribution in [0, 0.1) is 5.92 Å². The molecule has 1 aromatic carbocycles. The van der Waals surface area contributed by atoms with E-state index >= 15 is 0 Å². The molecule has 0 saturated carbocycles. The molecule has 8 nitrogen and oxygen atoms in total. The predicted molar refractivity (Wildman–Crippen MR) is 108 cm³/mol. The molecule has 3 N–H and O–H groups in total. The Kier molecular flexibility index (Phi) is 6.39. The zero-order chi connectivity index (χ0) is 21.0. The van der Waals surface area contributed by atoms with Crippen LogP contribution in [0.3, 0.4) is 0 Å². The number of rotatable bonds is 7. The molecular weight excluding hydrogens is 394 g/mol. The molecular formula is C20H25N3O5S. The second kappa shape index (κ2) is 8.79. The summed E-state index contributed by atoms with van der Waals surface area (Å²) in [6, 6.07) is 7.09. The van der Waals surface area contributed by atoms with Crippen molar-refractivity contribution in [1.82, 2.24) is 10.0 Å². The second-order valence-corrected chi connectivity index (χ2v) is 9.07. The van der Waals surface area contributed by atoms with Crippen LogP contribution in [0.5, 0.6) is 0 Å². The van der Waals surface area contributed by atoms with Gasteiger partial charge in [0.1, 0.15) is 11.8 Å². The molecule has 0 bridgehead atoms. The molecule has 2 heterocycles. The number of amides is 2. The van der Waals surface area contributed by atoms with Crippen molar-refractivity contribution >= 4 is 27.5 Å². The van der Waals surface area contributed by atoms with E-state index in [1.54, 1.807) is 38.1 Å². The summed E-state index contributed by atoms with van der Waals surface area (Å²) >= 11 is 0. The summed E-state index contributed by atoms with van der Waals surface area (Å²) in [6.07, 6.45) is 3.17. The van der Waals surface area contributed by atoms with Crippen LogP contribution in [0.2, 0.25) is 0 Å². The lowest BCUT2D eigenvalue weighted by molar-refractivity contribution is -0.124. The fourth-order valence-corrected chi connectivity index (χ4v) is 4.54. The molecule has 2 aromatic rings. The largest absolute Gasteiger partial charge is 0.467 e. The Bertz CT molecular complexity index is 984. The van der Waals surface area contributed by atoms with Gasteiger partial charge in [0, 0.05) is 12.1 Å².